The second kappa shape index (κ2) is 9.45. The highest BCUT2D eigenvalue weighted by Gasteiger charge is 2.26. The van der Waals surface area contributed by atoms with E-state index in [1.807, 2.05) is 0 Å². The standard InChI is InChI=1S/C17H17FN4O2S.CH2O2.H2O/c18-13-4-1-2-6-16(13)25(23,24)22-12-15(21-10-8-19-9-11-21)17-14(22)5-3-7-20-17;2-1-3;/h1-7,12,19H,8-11H2;1H,(H,2,3);1H2. The zero-order valence-corrected chi connectivity index (χ0v) is 16.1. The Bertz CT molecular complexity index is 1080. The maximum Gasteiger partial charge on any atom is 0.290 e. The lowest BCUT2D eigenvalue weighted by atomic mass is 10.3. The molecule has 29 heavy (non-hydrogen) atoms. The van der Waals surface area contributed by atoms with Gasteiger partial charge < -0.3 is 20.8 Å². The number of pyridine rings is 1. The van der Waals surface area contributed by atoms with E-state index in [2.05, 4.69) is 15.2 Å². The van der Waals surface area contributed by atoms with Gasteiger partial charge in [0.1, 0.15) is 16.2 Å². The Hall–Kier alpha value is -3.02. The summed E-state index contributed by atoms with van der Waals surface area (Å²) in [6.07, 6.45) is 3.18. The number of aromatic nitrogens is 2. The molecule has 1 fully saturated rings. The molecule has 0 unspecified atom stereocenters. The van der Waals surface area contributed by atoms with Gasteiger partial charge in [0, 0.05) is 38.6 Å². The molecule has 9 nitrogen and oxygen atoms in total. The summed E-state index contributed by atoms with van der Waals surface area (Å²) in [5, 5.41) is 10.2. The molecule has 2 aromatic heterocycles. The van der Waals surface area contributed by atoms with Gasteiger partial charge >= 0.3 is 0 Å². The number of nitrogens with one attached hydrogen (secondary N) is 1. The van der Waals surface area contributed by atoms with E-state index in [-0.39, 0.29) is 16.8 Å². The first-order valence-electron chi connectivity index (χ1n) is 8.50. The monoisotopic (exact) mass is 424 g/mol. The van der Waals surface area contributed by atoms with Crippen LogP contribution in [0.4, 0.5) is 10.1 Å². The molecule has 0 atom stereocenters. The molecule has 1 aliphatic heterocycles. The highest BCUT2D eigenvalue weighted by atomic mass is 32.2. The minimum Gasteiger partial charge on any atom is -0.483 e. The highest BCUT2D eigenvalue weighted by Crippen LogP contribution is 2.31. The maximum atomic E-state index is 14.1. The van der Waals surface area contributed by atoms with Crippen molar-refractivity contribution in [2.75, 3.05) is 31.1 Å². The SMILES string of the molecule is O.O=CO.O=S(=O)(c1ccccc1F)n1cc(N2CCNCC2)c2ncccc21. The third kappa shape index (κ3) is 4.36. The number of halogens is 1. The number of benzene rings is 1. The van der Waals surface area contributed by atoms with Gasteiger partial charge in [0.2, 0.25) is 0 Å². The van der Waals surface area contributed by atoms with Crippen LogP contribution in [-0.2, 0) is 14.8 Å². The van der Waals surface area contributed by atoms with Gasteiger partial charge in [0.15, 0.2) is 0 Å². The quantitative estimate of drug-likeness (QED) is 0.591. The second-order valence-corrected chi connectivity index (χ2v) is 7.74. The van der Waals surface area contributed by atoms with E-state index in [4.69, 9.17) is 9.90 Å². The maximum absolute atomic E-state index is 14.1. The molecular formula is C18H21FN4O5S. The fourth-order valence-electron chi connectivity index (χ4n) is 3.11. The lowest BCUT2D eigenvalue weighted by Crippen LogP contribution is -2.43. The van der Waals surface area contributed by atoms with Crippen LogP contribution in [0.3, 0.4) is 0 Å². The zero-order valence-electron chi connectivity index (χ0n) is 15.3. The van der Waals surface area contributed by atoms with E-state index in [9.17, 15) is 12.8 Å². The molecule has 1 saturated heterocycles. The second-order valence-electron chi connectivity index (χ2n) is 5.96. The molecule has 4 rings (SSSR count). The van der Waals surface area contributed by atoms with Crippen LogP contribution in [0.5, 0.6) is 0 Å². The molecule has 0 aliphatic carbocycles. The van der Waals surface area contributed by atoms with Crippen LogP contribution in [-0.4, -0.2) is 60.6 Å². The first-order valence-corrected chi connectivity index (χ1v) is 9.94. The molecule has 4 N–H and O–H groups in total. The van der Waals surface area contributed by atoms with E-state index in [1.165, 1.54) is 18.2 Å². The lowest BCUT2D eigenvalue weighted by Gasteiger charge is -2.28. The minimum absolute atomic E-state index is 0. The van der Waals surface area contributed by atoms with Crippen LogP contribution in [0, 0.1) is 5.82 Å². The number of nitrogens with zero attached hydrogens (tertiary/aromatic N) is 3. The van der Waals surface area contributed by atoms with Crippen molar-refractivity contribution in [3.05, 3.63) is 54.6 Å². The normalized spacial score (nSPS) is 13.9. The van der Waals surface area contributed by atoms with E-state index in [0.717, 1.165) is 41.9 Å². The number of rotatable bonds is 3. The van der Waals surface area contributed by atoms with Crippen LogP contribution >= 0.6 is 0 Å². The molecule has 3 aromatic rings. The summed E-state index contributed by atoms with van der Waals surface area (Å²) in [5.74, 6) is -0.767. The third-order valence-corrected chi connectivity index (χ3v) is 6.04. The number of carbonyl (C=O) groups is 1. The zero-order chi connectivity index (χ0) is 20.1. The Labute approximate surface area is 166 Å². The smallest absolute Gasteiger partial charge is 0.290 e. The number of hydrogen-bond donors (Lipinski definition) is 2. The Morgan fingerprint density at radius 1 is 1.14 bits per heavy atom. The molecule has 0 amide bonds. The number of hydrogen-bond acceptors (Lipinski definition) is 6. The van der Waals surface area contributed by atoms with E-state index >= 15 is 0 Å². The van der Waals surface area contributed by atoms with Gasteiger partial charge in [0.05, 0.1) is 11.2 Å². The predicted octanol–water partition coefficient (Wildman–Crippen LogP) is 0.698. The van der Waals surface area contributed by atoms with Crippen LogP contribution in [0.2, 0.25) is 0 Å². The fraction of sp³-hybridized carbons (Fsp3) is 0.222. The van der Waals surface area contributed by atoms with Gasteiger partial charge in [0.25, 0.3) is 16.5 Å². The van der Waals surface area contributed by atoms with E-state index < -0.39 is 15.8 Å². The Morgan fingerprint density at radius 3 is 2.45 bits per heavy atom. The Kier molecular flexibility index (Phi) is 7.26. The number of piperazine rings is 1. The van der Waals surface area contributed by atoms with E-state index in [1.54, 1.807) is 24.5 Å². The van der Waals surface area contributed by atoms with Gasteiger partial charge in [-0.25, -0.2) is 16.8 Å². The third-order valence-electron chi connectivity index (χ3n) is 4.34. The number of carboxylic acid groups (broad SMARTS) is 1. The van der Waals surface area contributed by atoms with Crippen molar-refractivity contribution in [1.29, 1.82) is 0 Å². The van der Waals surface area contributed by atoms with Crippen molar-refractivity contribution < 1.29 is 28.2 Å². The average Bonchev–Trinajstić information content (AvgIpc) is 3.10. The first kappa shape index (κ1) is 22.3. The van der Waals surface area contributed by atoms with Crippen molar-refractivity contribution in [3.63, 3.8) is 0 Å². The molecule has 11 heteroatoms. The van der Waals surface area contributed by atoms with Crippen molar-refractivity contribution in [3.8, 4) is 0 Å². The molecule has 1 aromatic carbocycles. The molecule has 156 valence electrons. The van der Waals surface area contributed by atoms with Gasteiger partial charge in [-0.05, 0) is 24.3 Å². The summed E-state index contributed by atoms with van der Waals surface area (Å²) < 4.78 is 41.3. The van der Waals surface area contributed by atoms with Crippen molar-refractivity contribution in [2.24, 2.45) is 0 Å². The molecule has 0 saturated carbocycles. The number of anilines is 1. The Morgan fingerprint density at radius 2 is 1.79 bits per heavy atom. The van der Waals surface area contributed by atoms with Crippen molar-refractivity contribution in [2.45, 2.75) is 4.90 Å². The van der Waals surface area contributed by atoms with Crippen LogP contribution in [0.25, 0.3) is 11.0 Å². The van der Waals surface area contributed by atoms with Crippen molar-refractivity contribution >= 4 is 33.2 Å². The summed E-state index contributed by atoms with van der Waals surface area (Å²) in [7, 11) is -4.05. The van der Waals surface area contributed by atoms with Crippen LogP contribution < -0.4 is 10.2 Å². The fourth-order valence-corrected chi connectivity index (χ4v) is 4.53. The number of fused-ring (bicyclic) bond motifs is 1. The average molecular weight is 424 g/mol. The van der Waals surface area contributed by atoms with Crippen LogP contribution in [0.15, 0.2) is 53.7 Å². The lowest BCUT2D eigenvalue weighted by molar-refractivity contribution is -0.122. The first-order chi connectivity index (χ1) is 13.5. The molecule has 0 radical (unpaired) electrons. The Balaban J connectivity index is 0.000000708. The van der Waals surface area contributed by atoms with Gasteiger partial charge in [-0.1, -0.05) is 12.1 Å². The van der Waals surface area contributed by atoms with Gasteiger partial charge in [-0.3, -0.25) is 9.78 Å². The van der Waals surface area contributed by atoms with Crippen molar-refractivity contribution in [1.82, 2.24) is 14.3 Å². The minimum atomic E-state index is -4.05. The molecule has 0 spiro atoms. The summed E-state index contributed by atoms with van der Waals surface area (Å²) >= 11 is 0. The molecular weight excluding hydrogens is 403 g/mol. The predicted molar refractivity (Wildman–Crippen MR) is 106 cm³/mol. The van der Waals surface area contributed by atoms with Gasteiger partial charge in [-0.2, -0.15) is 0 Å². The highest BCUT2D eigenvalue weighted by molar-refractivity contribution is 7.90. The van der Waals surface area contributed by atoms with Crippen LogP contribution in [0.1, 0.15) is 0 Å². The van der Waals surface area contributed by atoms with Gasteiger partial charge in [-0.15, -0.1) is 0 Å². The largest absolute Gasteiger partial charge is 0.483 e. The topological polar surface area (TPSA) is 136 Å². The summed E-state index contributed by atoms with van der Waals surface area (Å²) in [6, 6.07) is 8.77. The molecule has 0 bridgehead atoms. The summed E-state index contributed by atoms with van der Waals surface area (Å²) in [4.78, 5) is 14.5. The van der Waals surface area contributed by atoms with E-state index in [0.29, 0.717) is 11.0 Å². The molecule has 1 aliphatic rings. The summed E-state index contributed by atoms with van der Waals surface area (Å²) in [6.45, 7) is 2.91. The molecule has 3 heterocycles. The summed E-state index contributed by atoms with van der Waals surface area (Å²) in [5.41, 5.74) is 1.79.